The number of anilines is 1. The fourth-order valence-electron chi connectivity index (χ4n) is 1.99. The van der Waals surface area contributed by atoms with Gasteiger partial charge in [0.15, 0.2) is 0 Å². The van der Waals surface area contributed by atoms with Gasteiger partial charge in [-0.3, -0.25) is 10.2 Å². The highest BCUT2D eigenvalue weighted by Crippen LogP contribution is 2.20. The fraction of sp³-hybridized carbons (Fsp3) is 0.400. The monoisotopic (exact) mass is 290 g/mol. The molecule has 0 radical (unpaired) electrons. The molecule has 6 nitrogen and oxygen atoms in total. The second kappa shape index (κ2) is 8.16. The molecule has 6 heteroatoms. The molecular weight excluding hydrogens is 268 g/mol. The molecule has 3 N–H and O–H groups in total. The van der Waals surface area contributed by atoms with E-state index in [-0.39, 0.29) is 18.6 Å². The van der Waals surface area contributed by atoms with Crippen LogP contribution in [0.15, 0.2) is 23.3 Å². The lowest BCUT2D eigenvalue weighted by Gasteiger charge is -2.27. The van der Waals surface area contributed by atoms with Crippen molar-refractivity contribution in [1.29, 1.82) is 5.41 Å². The van der Waals surface area contributed by atoms with Crippen LogP contribution in [0.2, 0.25) is 0 Å². The Hall–Kier alpha value is -2.21. The van der Waals surface area contributed by atoms with E-state index in [1.807, 2.05) is 19.9 Å². The van der Waals surface area contributed by atoms with Crippen LogP contribution in [0.4, 0.5) is 5.69 Å². The van der Waals surface area contributed by atoms with E-state index in [4.69, 9.17) is 5.41 Å². The van der Waals surface area contributed by atoms with Gasteiger partial charge in [-0.15, -0.1) is 0 Å². The molecule has 0 aliphatic carbocycles. The van der Waals surface area contributed by atoms with Gasteiger partial charge >= 0.3 is 0 Å². The summed E-state index contributed by atoms with van der Waals surface area (Å²) in [6, 6.07) is 5.20. The number of carbonyl (C=O) groups excluding carboxylic acids is 1. The van der Waals surface area contributed by atoms with Crippen molar-refractivity contribution in [2.45, 2.75) is 26.8 Å². The molecule has 21 heavy (non-hydrogen) atoms. The minimum Gasteiger partial charge on any atom is -0.394 e. The Morgan fingerprint density at radius 2 is 2.29 bits per heavy atom. The quantitative estimate of drug-likeness (QED) is 0.529. The molecular formula is C15H22N4O2. The maximum Gasteiger partial charge on any atom is 0.256 e. The topological polar surface area (TPSA) is 88.8 Å². The summed E-state index contributed by atoms with van der Waals surface area (Å²) in [6.07, 6.45) is 2.34. The molecule has 1 aromatic carbocycles. The average Bonchev–Trinajstić information content (AvgIpc) is 2.49. The Morgan fingerprint density at radius 3 is 2.86 bits per heavy atom. The molecule has 0 unspecified atom stereocenters. The van der Waals surface area contributed by atoms with E-state index in [1.165, 1.54) is 6.21 Å². The number of nitrogens with one attached hydrogen (secondary N) is 2. The van der Waals surface area contributed by atoms with E-state index < -0.39 is 0 Å². The molecule has 114 valence electrons. The highest BCUT2D eigenvalue weighted by molar-refractivity contribution is 6.14. The summed E-state index contributed by atoms with van der Waals surface area (Å²) in [5, 5.41) is 20.0. The van der Waals surface area contributed by atoms with Crippen LogP contribution < -0.4 is 5.43 Å². The minimum absolute atomic E-state index is 0.0832. The van der Waals surface area contributed by atoms with Crippen molar-refractivity contribution in [1.82, 2.24) is 4.90 Å². The van der Waals surface area contributed by atoms with Gasteiger partial charge in [-0.2, -0.15) is 5.10 Å². The highest BCUT2D eigenvalue weighted by atomic mass is 16.3. The first-order valence-corrected chi connectivity index (χ1v) is 6.85. The smallest absolute Gasteiger partial charge is 0.256 e. The molecule has 0 spiro atoms. The Kier molecular flexibility index (Phi) is 6.55. The number of aryl methyl sites for hydroxylation is 1. The van der Waals surface area contributed by atoms with Crippen molar-refractivity contribution >= 4 is 24.0 Å². The standard InChI is InChI=1S/C15H22N4O2/c1-4-19(12(3)10-20)15(21)13-9-11(2)5-6-14(13)18-17-8-7-16/h5-9,12,16,18,20H,4,10H2,1-3H3/b16-7?,17-8-/t12-/m0/s1. The third-order valence-electron chi connectivity index (χ3n) is 3.14. The number of rotatable bonds is 7. The van der Waals surface area contributed by atoms with Gasteiger partial charge in [-0.25, -0.2) is 0 Å². The molecule has 1 atom stereocenters. The molecule has 0 saturated heterocycles. The van der Waals surface area contributed by atoms with Gasteiger partial charge in [0.2, 0.25) is 0 Å². The van der Waals surface area contributed by atoms with Gasteiger partial charge in [0.25, 0.3) is 5.91 Å². The second-order valence-electron chi connectivity index (χ2n) is 4.73. The third-order valence-corrected chi connectivity index (χ3v) is 3.14. The van der Waals surface area contributed by atoms with Crippen LogP contribution in [0, 0.1) is 12.3 Å². The number of hydrogen-bond donors (Lipinski definition) is 3. The van der Waals surface area contributed by atoms with Gasteiger partial charge in [0, 0.05) is 12.8 Å². The average molecular weight is 290 g/mol. The number of hydrogen-bond acceptors (Lipinski definition) is 5. The van der Waals surface area contributed by atoms with Crippen LogP contribution in [0.25, 0.3) is 0 Å². The lowest BCUT2D eigenvalue weighted by atomic mass is 10.1. The molecule has 0 aromatic heterocycles. The van der Waals surface area contributed by atoms with Gasteiger partial charge in [0.1, 0.15) is 0 Å². The Balaban J connectivity index is 3.13. The van der Waals surface area contributed by atoms with Crippen LogP contribution in [0.3, 0.4) is 0 Å². The first-order chi connectivity index (χ1) is 10.0. The Morgan fingerprint density at radius 1 is 1.57 bits per heavy atom. The number of amides is 1. The van der Waals surface area contributed by atoms with Crippen LogP contribution >= 0.6 is 0 Å². The zero-order chi connectivity index (χ0) is 15.8. The molecule has 0 aliphatic heterocycles. The number of carbonyl (C=O) groups is 1. The Bertz CT molecular complexity index is 528. The largest absolute Gasteiger partial charge is 0.394 e. The molecule has 0 aliphatic rings. The summed E-state index contributed by atoms with van der Waals surface area (Å²) in [5.74, 6) is -0.157. The summed E-state index contributed by atoms with van der Waals surface area (Å²) in [4.78, 5) is 14.3. The lowest BCUT2D eigenvalue weighted by molar-refractivity contribution is 0.0633. The van der Waals surface area contributed by atoms with Gasteiger partial charge in [-0.05, 0) is 32.9 Å². The number of hydrazone groups is 1. The van der Waals surface area contributed by atoms with Crippen molar-refractivity contribution in [2.75, 3.05) is 18.6 Å². The van der Waals surface area contributed by atoms with E-state index in [0.29, 0.717) is 17.8 Å². The summed E-state index contributed by atoms with van der Waals surface area (Å²) in [6.45, 7) is 6.02. The predicted octanol–water partition coefficient (Wildman–Crippen LogP) is 1.89. The SMILES string of the molecule is CCN(C(=O)c1cc(C)ccc1N/N=C\C=N)[C@@H](C)CO. The minimum atomic E-state index is -0.249. The van der Waals surface area contributed by atoms with Crippen LogP contribution in [-0.2, 0) is 0 Å². The lowest BCUT2D eigenvalue weighted by Crippen LogP contribution is -2.40. The second-order valence-corrected chi connectivity index (χ2v) is 4.73. The van der Waals surface area contributed by atoms with Crippen molar-refractivity contribution in [2.24, 2.45) is 5.10 Å². The third kappa shape index (κ3) is 4.39. The molecule has 1 amide bonds. The maximum atomic E-state index is 12.7. The number of nitrogens with zero attached hydrogens (tertiary/aromatic N) is 2. The zero-order valence-corrected chi connectivity index (χ0v) is 12.6. The maximum absolute atomic E-state index is 12.7. The van der Waals surface area contributed by atoms with Gasteiger partial charge in [-0.1, -0.05) is 11.6 Å². The van der Waals surface area contributed by atoms with E-state index in [0.717, 1.165) is 11.8 Å². The van der Waals surface area contributed by atoms with Crippen molar-refractivity contribution in [3.05, 3.63) is 29.3 Å². The van der Waals surface area contributed by atoms with E-state index >= 15 is 0 Å². The molecule has 0 heterocycles. The van der Waals surface area contributed by atoms with E-state index in [1.54, 1.807) is 24.0 Å². The Labute approximate surface area is 125 Å². The van der Waals surface area contributed by atoms with Crippen LogP contribution in [0.1, 0.15) is 29.8 Å². The fourth-order valence-corrected chi connectivity index (χ4v) is 1.99. The summed E-state index contributed by atoms with van der Waals surface area (Å²) in [5.41, 5.74) is 4.81. The number of aliphatic hydroxyl groups excluding tert-OH is 1. The first kappa shape index (κ1) is 16.8. The highest BCUT2D eigenvalue weighted by Gasteiger charge is 2.22. The van der Waals surface area contributed by atoms with E-state index in [2.05, 4.69) is 10.5 Å². The zero-order valence-electron chi connectivity index (χ0n) is 12.6. The molecule has 0 bridgehead atoms. The van der Waals surface area contributed by atoms with Gasteiger partial charge < -0.3 is 15.4 Å². The first-order valence-electron chi connectivity index (χ1n) is 6.85. The number of likely N-dealkylation sites (N-methyl/N-ethyl adjacent to an activating group) is 1. The number of benzene rings is 1. The summed E-state index contributed by atoms with van der Waals surface area (Å²) < 4.78 is 0. The van der Waals surface area contributed by atoms with Crippen molar-refractivity contribution in [3.63, 3.8) is 0 Å². The van der Waals surface area contributed by atoms with Crippen molar-refractivity contribution in [3.8, 4) is 0 Å². The summed E-state index contributed by atoms with van der Waals surface area (Å²) in [7, 11) is 0. The van der Waals surface area contributed by atoms with Crippen molar-refractivity contribution < 1.29 is 9.90 Å². The van der Waals surface area contributed by atoms with Crippen LogP contribution in [-0.4, -0.2) is 47.5 Å². The molecule has 0 saturated carbocycles. The number of aliphatic hydroxyl groups is 1. The van der Waals surface area contributed by atoms with Gasteiger partial charge in [0.05, 0.1) is 30.1 Å². The molecule has 1 aromatic rings. The predicted molar refractivity (Wildman–Crippen MR) is 85.3 cm³/mol. The normalized spacial score (nSPS) is 12.2. The van der Waals surface area contributed by atoms with Crippen LogP contribution in [0.5, 0.6) is 0 Å². The molecule has 1 rings (SSSR count). The summed E-state index contributed by atoms with van der Waals surface area (Å²) >= 11 is 0. The van der Waals surface area contributed by atoms with E-state index in [9.17, 15) is 9.90 Å². The molecule has 0 fully saturated rings.